The van der Waals surface area contributed by atoms with Crippen LogP contribution in [0.15, 0.2) is 0 Å². The lowest BCUT2D eigenvalue weighted by Gasteiger charge is -2.42. The molecule has 0 heterocycles. The summed E-state index contributed by atoms with van der Waals surface area (Å²) in [6.07, 6.45) is 2.71. The van der Waals surface area contributed by atoms with E-state index in [2.05, 4.69) is 0 Å². The number of carbonyl (C=O) groups excluding carboxylic acids is 1. The van der Waals surface area contributed by atoms with Crippen molar-refractivity contribution >= 4 is 11.9 Å². The maximum atomic E-state index is 11.7. The Balaban J connectivity index is 5.37. The van der Waals surface area contributed by atoms with E-state index in [1.807, 2.05) is 27.7 Å². The van der Waals surface area contributed by atoms with Crippen LogP contribution in [0.3, 0.4) is 0 Å². The Hall–Kier alpha value is -1.06. The molecule has 1 N–H and O–H groups in total. The molecule has 0 rings (SSSR count). The van der Waals surface area contributed by atoms with Crippen LogP contribution in [-0.2, 0) is 9.59 Å². The van der Waals surface area contributed by atoms with Crippen molar-refractivity contribution in [2.75, 3.05) is 0 Å². The average molecular weight is 243 g/mol. The summed E-state index contributed by atoms with van der Waals surface area (Å²) in [6.45, 7) is 9.03. The van der Waals surface area contributed by atoms with Crippen molar-refractivity contribution in [1.29, 1.82) is 0 Å². The molecule has 1 amide bonds. The van der Waals surface area contributed by atoms with Gasteiger partial charge in [0.2, 0.25) is 5.91 Å². The van der Waals surface area contributed by atoms with E-state index in [4.69, 9.17) is 0 Å². The van der Waals surface area contributed by atoms with Gasteiger partial charge < -0.3 is 10.0 Å². The molecule has 0 fully saturated rings. The molecular weight excluding hydrogens is 218 g/mol. The third-order valence-electron chi connectivity index (χ3n) is 3.24. The van der Waals surface area contributed by atoms with Gasteiger partial charge in [-0.3, -0.25) is 4.79 Å². The predicted octanol–water partition coefficient (Wildman–Crippen LogP) is 2.67. The van der Waals surface area contributed by atoms with Gasteiger partial charge in [0.25, 0.3) is 0 Å². The molecular formula is C13H25NO3. The van der Waals surface area contributed by atoms with E-state index in [0.29, 0.717) is 12.8 Å². The van der Waals surface area contributed by atoms with Crippen LogP contribution in [0.25, 0.3) is 0 Å². The van der Waals surface area contributed by atoms with Crippen molar-refractivity contribution in [3.05, 3.63) is 0 Å². The van der Waals surface area contributed by atoms with Crippen molar-refractivity contribution in [3.8, 4) is 0 Å². The van der Waals surface area contributed by atoms with E-state index in [1.54, 1.807) is 0 Å². The Labute approximate surface area is 104 Å². The van der Waals surface area contributed by atoms with E-state index in [9.17, 15) is 14.7 Å². The number of carbonyl (C=O) groups is 2. The van der Waals surface area contributed by atoms with Crippen molar-refractivity contribution in [2.24, 2.45) is 0 Å². The Bertz CT molecular complexity index is 276. The summed E-state index contributed by atoms with van der Waals surface area (Å²) in [5, 5.41) is 9.52. The highest BCUT2D eigenvalue weighted by molar-refractivity contribution is 5.86. The lowest BCUT2D eigenvalue weighted by Crippen LogP contribution is -2.58. The Morgan fingerprint density at radius 3 is 2.06 bits per heavy atom. The van der Waals surface area contributed by atoms with Gasteiger partial charge in [0.1, 0.15) is 5.54 Å². The zero-order chi connectivity index (χ0) is 13.6. The van der Waals surface area contributed by atoms with Gasteiger partial charge in [0.15, 0.2) is 0 Å². The van der Waals surface area contributed by atoms with Gasteiger partial charge in [0.05, 0.1) is 0 Å². The largest absolute Gasteiger partial charge is 0.479 e. The molecule has 17 heavy (non-hydrogen) atoms. The van der Waals surface area contributed by atoms with Crippen LogP contribution in [0.5, 0.6) is 0 Å². The van der Waals surface area contributed by atoms with Crippen molar-refractivity contribution in [3.63, 3.8) is 0 Å². The number of hydrogen-bond donors (Lipinski definition) is 1. The quantitative estimate of drug-likeness (QED) is 0.748. The van der Waals surface area contributed by atoms with Crippen LogP contribution in [-0.4, -0.2) is 33.5 Å². The number of nitrogens with zero attached hydrogens (tertiary/aromatic N) is 1. The van der Waals surface area contributed by atoms with Gasteiger partial charge in [-0.05, 0) is 26.7 Å². The van der Waals surface area contributed by atoms with Crippen LogP contribution in [0.2, 0.25) is 0 Å². The molecule has 1 unspecified atom stereocenters. The summed E-state index contributed by atoms with van der Waals surface area (Å²) >= 11 is 0. The van der Waals surface area contributed by atoms with Gasteiger partial charge in [0, 0.05) is 13.0 Å². The number of amides is 1. The highest BCUT2D eigenvalue weighted by Crippen LogP contribution is 2.29. The molecule has 0 aromatic heterocycles. The zero-order valence-corrected chi connectivity index (χ0v) is 11.6. The minimum absolute atomic E-state index is 0.0968. The summed E-state index contributed by atoms with van der Waals surface area (Å²) in [5.74, 6) is -1.06. The van der Waals surface area contributed by atoms with Crippen molar-refractivity contribution < 1.29 is 14.7 Å². The average Bonchev–Trinajstić information content (AvgIpc) is 2.22. The summed E-state index contributed by atoms with van der Waals surface area (Å²) < 4.78 is 0. The third-order valence-corrected chi connectivity index (χ3v) is 3.24. The first-order valence-corrected chi connectivity index (χ1v) is 6.36. The number of aliphatic carboxylic acids is 1. The molecule has 0 aliphatic rings. The molecule has 0 saturated carbocycles. The van der Waals surface area contributed by atoms with E-state index >= 15 is 0 Å². The van der Waals surface area contributed by atoms with Crippen LogP contribution in [0.4, 0.5) is 0 Å². The first kappa shape index (κ1) is 15.9. The minimum Gasteiger partial charge on any atom is -0.479 e. The molecule has 0 aromatic rings. The summed E-state index contributed by atoms with van der Waals surface area (Å²) in [4.78, 5) is 24.9. The molecule has 0 aliphatic carbocycles. The van der Waals surface area contributed by atoms with Crippen LogP contribution < -0.4 is 0 Å². The standard InChI is InChI=1S/C13H25NO3/c1-6-8-9-13(7-2,12(16)17)14(10(3)4)11(5)15/h10H,6-9H2,1-5H3,(H,16,17). The molecule has 1 atom stereocenters. The maximum Gasteiger partial charge on any atom is 0.329 e. The van der Waals surface area contributed by atoms with E-state index in [0.717, 1.165) is 12.8 Å². The maximum absolute atomic E-state index is 11.7. The summed E-state index contributed by atoms with van der Waals surface area (Å²) in [7, 11) is 0. The molecule has 0 aliphatic heterocycles. The van der Waals surface area contributed by atoms with E-state index in [1.165, 1.54) is 11.8 Å². The molecule has 0 saturated heterocycles. The van der Waals surface area contributed by atoms with Gasteiger partial charge in [-0.1, -0.05) is 26.7 Å². The molecule has 0 spiro atoms. The monoisotopic (exact) mass is 243 g/mol. The van der Waals surface area contributed by atoms with Crippen LogP contribution in [0.1, 0.15) is 60.3 Å². The van der Waals surface area contributed by atoms with Crippen LogP contribution in [0, 0.1) is 0 Å². The number of rotatable bonds is 7. The first-order chi connectivity index (χ1) is 7.83. The Kier molecular flexibility index (Phi) is 6.21. The second-order valence-corrected chi connectivity index (χ2v) is 4.78. The third kappa shape index (κ3) is 3.45. The Morgan fingerprint density at radius 2 is 1.82 bits per heavy atom. The van der Waals surface area contributed by atoms with Gasteiger partial charge >= 0.3 is 5.97 Å². The smallest absolute Gasteiger partial charge is 0.329 e. The summed E-state index contributed by atoms with van der Waals surface area (Å²) in [6, 6.07) is -0.0968. The SMILES string of the molecule is CCCCC(CC)(C(=O)O)N(C(C)=O)C(C)C. The fourth-order valence-corrected chi connectivity index (χ4v) is 2.46. The van der Waals surface area contributed by atoms with Gasteiger partial charge in [-0.15, -0.1) is 0 Å². The summed E-state index contributed by atoms with van der Waals surface area (Å²) in [5.41, 5.74) is -1.05. The molecule has 0 radical (unpaired) electrons. The minimum atomic E-state index is -1.05. The predicted molar refractivity (Wildman–Crippen MR) is 67.8 cm³/mol. The number of unbranched alkanes of at least 4 members (excludes halogenated alkanes) is 1. The number of hydrogen-bond acceptors (Lipinski definition) is 2. The molecule has 4 heteroatoms. The second-order valence-electron chi connectivity index (χ2n) is 4.78. The first-order valence-electron chi connectivity index (χ1n) is 6.36. The molecule has 100 valence electrons. The Morgan fingerprint density at radius 1 is 1.29 bits per heavy atom. The van der Waals surface area contributed by atoms with Gasteiger partial charge in [-0.2, -0.15) is 0 Å². The molecule has 0 bridgehead atoms. The van der Waals surface area contributed by atoms with Crippen LogP contribution >= 0.6 is 0 Å². The second kappa shape index (κ2) is 6.62. The fraction of sp³-hybridized carbons (Fsp3) is 0.846. The number of carboxylic acids is 1. The molecule has 0 aromatic carbocycles. The van der Waals surface area contributed by atoms with Crippen molar-refractivity contribution in [1.82, 2.24) is 4.90 Å². The topological polar surface area (TPSA) is 57.6 Å². The molecule has 4 nitrogen and oxygen atoms in total. The van der Waals surface area contributed by atoms with E-state index in [-0.39, 0.29) is 11.9 Å². The van der Waals surface area contributed by atoms with E-state index < -0.39 is 11.5 Å². The highest BCUT2D eigenvalue weighted by Gasteiger charge is 2.44. The lowest BCUT2D eigenvalue weighted by molar-refractivity contribution is -0.162. The number of carboxylic acid groups (broad SMARTS) is 1. The lowest BCUT2D eigenvalue weighted by atomic mass is 9.86. The van der Waals surface area contributed by atoms with Gasteiger partial charge in [-0.25, -0.2) is 4.79 Å². The zero-order valence-electron chi connectivity index (χ0n) is 11.6. The fourth-order valence-electron chi connectivity index (χ4n) is 2.46. The highest BCUT2D eigenvalue weighted by atomic mass is 16.4. The van der Waals surface area contributed by atoms with Crippen molar-refractivity contribution in [2.45, 2.75) is 71.9 Å². The normalized spacial score (nSPS) is 14.5.